The SMILES string of the molecule is COc1ccc(N)c(N(C)CC2CCN(C)CC2)c1. The van der Waals surface area contributed by atoms with Gasteiger partial charge in [-0.05, 0) is 51.0 Å². The Morgan fingerprint density at radius 3 is 2.68 bits per heavy atom. The number of ether oxygens (including phenoxy) is 1. The van der Waals surface area contributed by atoms with Gasteiger partial charge in [0.25, 0.3) is 0 Å². The third kappa shape index (κ3) is 3.53. The van der Waals surface area contributed by atoms with Crippen molar-refractivity contribution in [2.75, 3.05) is 51.5 Å². The summed E-state index contributed by atoms with van der Waals surface area (Å²) in [6.07, 6.45) is 2.54. The Morgan fingerprint density at radius 2 is 2.05 bits per heavy atom. The molecule has 0 amide bonds. The van der Waals surface area contributed by atoms with Crippen LogP contribution in [-0.4, -0.2) is 45.7 Å². The summed E-state index contributed by atoms with van der Waals surface area (Å²) in [5.41, 5.74) is 7.95. The number of likely N-dealkylation sites (tertiary alicyclic amines) is 1. The first-order valence-electron chi connectivity index (χ1n) is 6.93. The molecule has 0 radical (unpaired) electrons. The van der Waals surface area contributed by atoms with Crippen molar-refractivity contribution in [2.24, 2.45) is 5.92 Å². The Hall–Kier alpha value is -1.42. The molecule has 1 fully saturated rings. The largest absolute Gasteiger partial charge is 0.497 e. The van der Waals surface area contributed by atoms with Crippen LogP contribution in [0.3, 0.4) is 0 Å². The number of benzene rings is 1. The summed E-state index contributed by atoms with van der Waals surface area (Å²) in [7, 11) is 6.00. The minimum Gasteiger partial charge on any atom is -0.497 e. The molecule has 4 nitrogen and oxygen atoms in total. The number of nitrogens with zero attached hydrogens (tertiary/aromatic N) is 2. The van der Waals surface area contributed by atoms with Crippen LogP contribution in [0.5, 0.6) is 5.75 Å². The molecule has 106 valence electrons. The zero-order chi connectivity index (χ0) is 13.8. The Balaban J connectivity index is 2.01. The lowest BCUT2D eigenvalue weighted by Crippen LogP contribution is -2.35. The van der Waals surface area contributed by atoms with Crippen LogP contribution in [0.2, 0.25) is 0 Å². The average molecular weight is 263 g/mol. The zero-order valence-corrected chi connectivity index (χ0v) is 12.2. The Bertz CT molecular complexity index is 414. The zero-order valence-electron chi connectivity index (χ0n) is 12.2. The first-order chi connectivity index (χ1) is 9.10. The monoisotopic (exact) mass is 263 g/mol. The summed E-state index contributed by atoms with van der Waals surface area (Å²) in [5.74, 6) is 1.62. The van der Waals surface area contributed by atoms with Gasteiger partial charge in [-0.15, -0.1) is 0 Å². The maximum absolute atomic E-state index is 6.07. The molecule has 1 aromatic carbocycles. The number of hydrogen-bond donors (Lipinski definition) is 1. The molecule has 1 heterocycles. The van der Waals surface area contributed by atoms with E-state index in [9.17, 15) is 0 Å². The molecule has 19 heavy (non-hydrogen) atoms. The quantitative estimate of drug-likeness (QED) is 0.844. The molecule has 0 aromatic heterocycles. The molecule has 4 heteroatoms. The van der Waals surface area contributed by atoms with E-state index < -0.39 is 0 Å². The average Bonchev–Trinajstić information content (AvgIpc) is 2.42. The first kappa shape index (κ1) is 14.0. The third-order valence-electron chi connectivity index (χ3n) is 4.02. The second kappa shape index (κ2) is 6.15. The molecule has 0 spiro atoms. The van der Waals surface area contributed by atoms with Gasteiger partial charge in [0.05, 0.1) is 18.5 Å². The Kier molecular flexibility index (Phi) is 4.53. The highest BCUT2D eigenvalue weighted by Crippen LogP contribution is 2.29. The smallest absolute Gasteiger partial charge is 0.121 e. The fraction of sp³-hybridized carbons (Fsp3) is 0.600. The molecule has 0 unspecified atom stereocenters. The lowest BCUT2D eigenvalue weighted by Gasteiger charge is -2.32. The fourth-order valence-electron chi connectivity index (χ4n) is 2.71. The van der Waals surface area contributed by atoms with E-state index in [1.54, 1.807) is 7.11 Å². The van der Waals surface area contributed by atoms with Gasteiger partial charge in [-0.3, -0.25) is 0 Å². The van der Waals surface area contributed by atoms with Crippen molar-refractivity contribution >= 4 is 11.4 Å². The van der Waals surface area contributed by atoms with Crippen LogP contribution in [0.25, 0.3) is 0 Å². The molecule has 1 aliphatic rings. The van der Waals surface area contributed by atoms with Crippen molar-refractivity contribution in [3.05, 3.63) is 18.2 Å². The van der Waals surface area contributed by atoms with Crippen LogP contribution >= 0.6 is 0 Å². The minimum absolute atomic E-state index is 0.756. The Morgan fingerprint density at radius 1 is 1.37 bits per heavy atom. The molecule has 2 rings (SSSR count). The molecule has 0 atom stereocenters. The third-order valence-corrected chi connectivity index (χ3v) is 4.02. The number of anilines is 2. The van der Waals surface area contributed by atoms with E-state index in [1.807, 2.05) is 18.2 Å². The van der Waals surface area contributed by atoms with E-state index in [0.29, 0.717) is 0 Å². The van der Waals surface area contributed by atoms with Gasteiger partial charge >= 0.3 is 0 Å². The number of nitrogens with two attached hydrogens (primary N) is 1. The number of piperidine rings is 1. The summed E-state index contributed by atoms with van der Waals surface area (Å²) in [6, 6.07) is 5.84. The van der Waals surface area contributed by atoms with Crippen molar-refractivity contribution in [1.82, 2.24) is 4.90 Å². The Labute approximate surface area is 116 Å². The van der Waals surface area contributed by atoms with Crippen LogP contribution in [0.1, 0.15) is 12.8 Å². The summed E-state index contributed by atoms with van der Waals surface area (Å²) < 4.78 is 5.28. The number of methoxy groups -OCH3 is 1. The van der Waals surface area contributed by atoms with Gasteiger partial charge in [0.1, 0.15) is 5.75 Å². The van der Waals surface area contributed by atoms with Crippen LogP contribution in [0, 0.1) is 5.92 Å². The molecular formula is C15H25N3O. The topological polar surface area (TPSA) is 41.7 Å². The molecule has 0 saturated carbocycles. The second-order valence-corrected chi connectivity index (χ2v) is 5.55. The van der Waals surface area contributed by atoms with E-state index >= 15 is 0 Å². The standard InChI is InChI=1S/C15H25N3O/c1-17-8-6-12(7-9-17)11-18(2)15-10-13(19-3)4-5-14(15)16/h4-5,10,12H,6-9,11,16H2,1-3H3. The van der Waals surface area contributed by atoms with E-state index in [0.717, 1.165) is 29.6 Å². The molecule has 0 aliphatic carbocycles. The first-order valence-corrected chi connectivity index (χ1v) is 6.93. The van der Waals surface area contributed by atoms with E-state index in [2.05, 4.69) is 23.9 Å². The van der Waals surface area contributed by atoms with Crippen molar-refractivity contribution in [2.45, 2.75) is 12.8 Å². The molecule has 1 aliphatic heterocycles. The predicted octanol–water partition coefficient (Wildman–Crippen LogP) is 2.06. The second-order valence-electron chi connectivity index (χ2n) is 5.55. The van der Waals surface area contributed by atoms with Crippen LogP contribution in [0.15, 0.2) is 18.2 Å². The lowest BCUT2D eigenvalue weighted by molar-refractivity contribution is 0.222. The van der Waals surface area contributed by atoms with Crippen molar-refractivity contribution < 1.29 is 4.74 Å². The summed E-state index contributed by atoms with van der Waals surface area (Å²) in [6.45, 7) is 3.46. The minimum atomic E-state index is 0.756. The van der Waals surface area contributed by atoms with E-state index in [-0.39, 0.29) is 0 Å². The van der Waals surface area contributed by atoms with Crippen molar-refractivity contribution in [3.8, 4) is 5.75 Å². The van der Waals surface area contributed by atoms with Gasteiger partial charge in [0.2, 0.25) is 0 Å². The van der Waals surface area contributed by atoms with Crippen LogP contribution in [-0.2, 0) is 0 Å². The normalized spacial score (nSPS) is 17.4. The highest BCUT2D eigenvalue weighted by molar-refractivity contribution is 5.69. The molecule has 2 N–H and O–H groups in total. The molecular weight excluding hydrogens is 238 g/mol. The number of nitrogen functional groups attached to an aromatic ring is 1. The van der Waals surface area contributed by atoms with Crippen molar-refractivity contribution in [1.29, 1.82) is 0 Å². The van der Waals surface area contributed by atoms with Crippen LogP contribution in [0.4, 0.5) is 11.4 Å². The van der Waals surface area contributed by atoms with Gasteiger partial charge in [-0.2, -0.15) is 0 Å². The molecule has 1 saturated heterocycles. The van der Waals surface area contributed by atoms with Gasteiger partial charge in [0.15, 0.2) is 0 Å². The predicted molar refractivity (Wildman–Crippen MR) is 80.9 cm³/mol. The maximum Gasteiger partial charge on any atom is 0.121 e. The highest BCUT2D eigenvalue weighted by Gasteiger charge is 2.19. The maximum atomic E-state index is 6.07. The van der Waals surface area contributed by atoms with Crippen LogP contribution < -0.4 is 15.4 Å². The number of hydrogen-bond acceptors (Lipinski definition) is 4. The van der Waals surface area contributed by atoms with Crippen molar-refractivity contribution in [3.63, 3.8) is 0 Å². The molecule has 1 aromatic rings. The van der Waals surface area contributed by atoms with E-state index in [1.165, 1.54) is 25.9 Å². The number of rotatable bonds is 4. The summed E-state index contributed by atoms with van der Waals surface area (Å²) >= 11 is 0. The summed E-state index contributed by atoms with van der Waals surface area (Å²) in [4.78, 5) is 4.66. The summed E-state index contributed by atoms with van der Waals surface area (Å²) in [5, 5.41) is 0. The fourth-order valence-corrected chi connectivity index (χ4v) is 2.71. The highest BCUT2D eigenvalue weighted by atomic mass is 16.5. The van der Waals surface area contributed by atoms with Gasteiger partial charge < -0.3 is 20.3 Å². The molecule has 0 bridgehead atoms. The van der Waals surface area contributed by atoms with Gasteiger partial charge in [-0.25, -0.2) is 0 Å². The van der Waals surface area contributed by atoms with Gasteiger partial charge in [0, 0.05) is 19.7 Å². The van der Waals surface area contributed by atoms with E-state index in [4.69, 9.17) is 10.5 Å². The van der Waals surface area contributed by atoms with Gasteiger partial charge in [-0.1, -0.05) is 0 Å². The lowest BCUT2D eigenvalue weighted by atomic mass is 9.96.